The standard InChI is InChI=1S/C21H27N5O2/c27-21(18-5-9-26(10-6-18)20-15-22-7-8-23-20)24-19-3-1-17(2-4-19)16-25-11-13-28-14-12-25/h1-4,7-8,15,18H,5-6,9-14,16H2,(H,24,27). The molecule has 28 heavy (non-hydrogen) atoms. The van der Waals surface area contributed by atoms with E-state index in [0.29, 0.717) is 0 Å². The minimum Gasteiger partial charge on any atom is -0.379 e. The lowest BCUT2D eigenvalue weighted by atomic mass is 9.96. The summed E-state index contributed by atoms with van der Waals surface area (Å²) < 4.78 is 5.39. The summed E-state index contributed by atoms with van der Waals surface area (Å²) in [5, 5.41) is 3.08. The van der Waals surface area contributed by atoms with Gasteiger partial charge < -0.3 is 15.0 Å². The zero-order valence-electron chi connectivity index (χ0n) is 16.1. The molecule has 2 fully saturated rings. The largest absolute Gasteiger partial charge is 0.379 e. The van der Waals surface area contributed by atoms with Crippen LogP contribution in [0.5, 0.6) is 0 Å². The third-order valence-electron chi connectivity index (χ3n) is 5.47. The summed E-state index contributed by atoms with van der Waals surface area (Å²) in [7, 11) is 0. The van der Waals surface area contributed by atoms with Crippen molar-refractivity contribution in [3.05, 3.63) is 48.4 Å². The first-order valence-corrected chi connectivity index (χ1v) is 9.99. The van der Waals surface area contributed by atoms with Gasteiger partial charge in [-0.3, -0.25) is 14.7 Å². The summed E-state index contributed by atoms with van der Waals surface area (Å²) in [5.74, 6) is 1.04. The maximum Gasteiger partial charge on any atom is 0.227 e. The number of carbonyl (C=O) groups excluding carboxylic acids is 1. The fourth-order valence-electron chi connectivity index (χ4n) is 3.78. The minimum absolute atomic E-state index is 0.0425. The van der Waals surface area contributed by atoms with Crippen molar-refractivity contribution in [3.8, 4) is 0 Å². The zero-order valence-corrected chi connectivity index (χ0v) is 16.1. The molecule has 1 aromatic carbocycles. The molecule has 2 saturated heterocycles. The van der Waals surface area contributed by atoms with Crippen LogP contribution in [0.15, 0.2) is 42.9 Å². The van der Waals surface area contributed by atoms with Crippen LogP contribution >= 0.6 is 0 Å². The number of aromatic nitrogens is 2. The first-order valence-electron chi connectivity index (χ1n) is 9.99. The monoisotopic (exact) mass is 381 g/mol. The number of amides is 1. The highest BCUT2D eigenvalue weighted by Gasteiger charge is 2.25. The van der Waals surface area contributed by atoms with E-state index in [0.717, 1.165) is 70.3 Å². The Kier molecular flexibility index (Phi) is 6.14. The van der Waals surface area contributed by atoms with Gasteiger partial charge in [0.05, 0.1) is 19.4 Å². The number of morpholine rings is 1. The van der Waals surface area contributed by atoms with E-state index < -0.39 is 0 Å². The number of hydrogen-bond acceptors (Lipinski definition) is 6. The summed E-state index contributed by atoms with van der Waals surface area (Å²) >= 11 is 0. The summed E-state index contributed by atoms with van der Waals surface area (Å²) in [6, 6.07) is 8.20. The topological polar surface area (TPSA) is 70.6 Å². The Morgan fingerprint density at radius 2 is 1.82 bits per heavy atom. The van der Waals surface area contributed by atoms with E-state index in [1.165, 1.54) is 5.56 Å². The molecule has 2 aliphatic rings. The van der Waals surface area contributed by atoms with E-state index in [1.807, 2.05) is 12.1 Å². The van der Waals surface area contributed by atoms with E-state index in [-0.39, 0.29) is 11.8 Å². The molecule has 0 atom stereocenters. The third-order valence-corrected chi connectivity index (χ3v) is 5.47. The van der Waals surface area contributed by atoms with Crippen LogP contribution in [0.3, 0.4) is 0 Å². The van der Waals surface area contributed by atoms with Crippen LogP contribution in [0.4, 0.5) is 11.5 Å². The number of piperidine rings is 1. The van der Waals surface area contributed by atoms with E-state index in [9.17, 15) is 4.79 Å². The van der Waals surface area contributed by atoms with Crippen LogP contribution < -0.4 is 10.2 Å². The summed E-state index contributed by atoms with van der Waals surface area (Å²) in [6.45, 7) is 6.16. The van der Waals surface area contributed by atoms with Crippen LogP contribution in [0.25, 0.3) is 0 Å². The molecule has 148 valence electrons. The lowest BCUT2D eigenvalue weighted by molar-refractivity contribution is -0.120. The van der Waals surface area contributed by atoms with Crippen LogP contribution in [-0.4, -0.2) is 60.2 Å². The molecule has 1 aromatic heterocycles. The molecule has 0 radical (unpaired) electrons. The number of benzene rings is 1. The second-order valence-corrected chi connectivity index (χ2v) is 7.40. The van der Waals surface area contributed by atoms with Crippen molar-refractivity contribution in [1.29, 1.82) is 0 Å². The quantitative estimate of drug-likeness (QED) is 0.856. The highest BCUT2D eigenvalue weighted by molar-refractivity contribution is 5.92. The fourth-order valence-corrected chi connectivity index (χ4v) is 3.78. The second kappa shape index (κ2) is 9.12. The Labute approximate surface area is 165 Å². The Hall–Kier alpha value is -2.51. The molecule has 2 aliphatic heterocycles. The Morgan fingerprint density at radius 1 is 1.07 bits per heavy atom. The van der Waals surface area contributed by atoms with Crippen molar-refractivity contribution in [3.63, 3.8) is 0 Å². The number of ether oxygens (including phenoxy) is 1. The van der Waals surface area contributed by atoms with Crippen molar-refractivity contribution >= 4 is 17.4 Å². The minimum atomic E-state index is 0.0425. The number of rotatable bonds is 5. The van der Waals surface area contributed by atoms with Gasteiger partial charge in [-0.2, -0.15) is 0 Å². The van der Waals surface area contributed by atoms with Gasteiger partial charge in [0.15, 0.2) is 0 Å². The lowest BCUT2D eigenvalue weighted by Crippen LogP contribution is -2.38. The van der Waals surface area contributed by atoms with Crippen molar-refractivity contribution in [2.75, 3.05) is 49.6 Å². The normalized spacial score (nSPS) is 18.8. The Balaban J connectivity index is 1.26. The molecule has 2 aromatic rings. The summed E-state index contributed by atoms with van der Waals surface area (Å²) in [4.78, 5) is 25.7. The molecule has 4 rings (SSSR count). The Morgan fingerprint density at radius 3 is 2.50 bits per heavy atom. The van der Waals surface area contributed by atoms with Crippen molar-refractivity contribution in [1.82, 2.24) is 14.9 Å². The number of hydrogen-bond donors (Lipinski definition) is 1. The molecular weight excluding hydrogens is 354 g/mol. The van der Waals surface area contributed by atoms with Gasteiger partial charge >= 0.3 is 0 Å². The molecule has 1 amide bonds. The molecule has 1 N–H and O–H groups in total. The van der Waals surface area contributed by atoms with Gasteiger partial charge in [-0.1, -0.05) is 12.1 Å². The van der Waals surface area contributed by atoms with E-state index in [2.05, 4.69) is 37.2 Å². The molecule has 3 heterocycles. The molecule has 7 heteroatoms. The maximum absolute atomic E-state index is 12.6. The summed E-state index contributed by atoms with van der Waals surface area (Å²) in [6.07, 6.45) is 6.82. The van der Waals surface area contributed by atoms with Crippen LogP contribution in [0.2, 0.25) is 0 Å². The number of nitrogens with zero attached hydrogens (tertiary/aromatic N) is 4. The molecular formula is C21H27N5O2. The highest BCUT2D eigenvalue weighted by Crippen LogP contribution is 2.23. The van der Waals surface area contributed by atoms with Gasteiger partial charge in [0.1, 0.15) is 5.82 Å². The molecule has 0 aliphatic carbocycles. The number of anilines is 2. The van der Waals surface area contributed by atoms with E-state index in [1.54, 1.807) is 18.6 Å². The Bertz CT molecular complexity index is 754. The van der Waals surface area contributed by atoms with E-state index in [4.69, 9.17) is 4.74 Å². The average molecular weight is 381 g/mol. The van der Waals surface area contributed by atoms with Gasteiger partial charge in [-0.15, -0.1) is 0 Å². The molecule has 0 unspecified atom stereocenters. The lowest BCUT2D eigenvalue weighted by Gasteiger charge is -2.31. The van der Waals surface area contributed by atoms with Crippen molar-refractivity contribution in [2.45, 2.75) is 19.4 Å². The van der Waals surface area contributed by atoms with Crippen LogP contribution in [0, 0.1) is 5.92 Å². The highest BCUT2D eigenvalue weighted by atomic mass is 16.5. The molecule has 7 nitrogen and oxygen atoms in total. The molecule has 0 saturated carbocycles. The van der Waals surface area contributed by atoms with Crippen molar-refractivity contribution < 1.29 is 9.53 Å². The number of nitrogens with one attached hydrogen (secondary N) is 1. The van der Waals surface area contributed by atoms with Crippen molar-refractivity contribution in [2.24, 2.45) is 5.92 Å². The van der Waals surface area contributed by atoms with E-state index >= 15 is 0 Å². The maximum atomic E-state index is 12.6. The number of carbonyl (C=O) groups is 1. The van der Waals surface area contributed by atoms with Crippen LogP contribution in [0.1, 0.15) is 18.4 Å². The van der Waals surface area contributed by atoms with Crippen LogP contribution in [-0.2, 0) is 16.1 Å². The third kappa shape index (κ3) is 4.85. The van der Waals surface area contributed by atoms with Gasteiger partial charge in [0, 0.05) is 56.7 Å². The predicted octanol–water partition coefficient (Wildman–Crippen LogP) is 2.16. The molecule has 0 bridgehead atoms. The first kappa shape index (κ1) is 18.8. The summed E-state index contributed by atoms with van der Waals surface area (Å²) in [5.41, 5.74) is 2.13. The van der Waals surface area contributed by atoms with Gasteiger partial charge in [0.25, 0.3) is 0 Å². The van der Waals surface area contributed by atoms with Gasteiger partial charge in [0.2, 0.25) is 5.91 Å². The van der Waals surface area contributed by atoms with Gasteiger partial charge in [-0.25, -0.2) is 4.98 Å². The predicted molar refractivity (Wildman–Crippen MR) is 108 cm³/mol. The molecule has 0 spiro atoms. The smallest absolute Gasteiger partial charge is 0.227 e. The zero-order chi connectivity index (χ0) is 19.2. The SMILES string of the molecule is O=C(Nc1ccc(CN2CCOCC2)cc1)C1CCN(c2cnccn2)CC1. The average Bonchev–Trinajstić information content (AvgIpc) is 2.76. The second-order valence-electron chi connectivity index (χ2n) is 7.40. The van der Waals surface area contributed by atoms with Gasteiger partial charge in [-0.05, 0) is 30.5 Å². The fraction of sp³-hybridized carbons (Fsp3) is 0.476. The first-order chi connectivity index (χ1) is 13.8.